The van der Waals surface area contributed by atoms with Crippen LogP contribution in [-0.2, 0) is 17.9 Å². The number of aryl methyl sites for hydroxylation is 1. The summed E-state index contributed by atoms with van der Waals surface area (Å²) in [5, 5.41) is 3.00. The van der Waals surface area contributed by atoms with Gasteiger partial charge in [-0.2, -0.15) is 0 Å². The van der Waals surface area contributed by atoms with Crippen LogP contribution in [0.15, 0.2) is 66.4 Å². The summed E-state index contributed by atoms with van der Waals surface area (Å²) in [6.07, 6.45) is 1.59. The summed E-state index contributed by atoms with van der Waals surface area (Å²) in [6.45, 7) is 4.79. The molecule has 6 nitrogen and oxygen atoms in total. The SMILES string of the molecule is CCOc1cc(/C=C2/NC(=O)N(Cc3ccc(C)cc3)C2=O)cc(Cl)c1OCc1ccc(I)cc1. The molecule has 3 aromatic rings. The molecule has 0 spiro atoms. The second-order valence-electron chi connectivity index (χ2n) is 8.04. The van der Waals surface area contributed by atoms with Gasteiger partial charge in [-0.25, -0.2) is 4.79 Å². The van der Waals surface area contributed by atoms with Gasteiger partial charge in [0, 0.05) is 3.57 Å². The van der Waals surface area contributed by atoms with E-state index in [4.69, 9.17) is 21.1 Å². The molecule has 3 aromatic carbocycles. The van der Waals surface area contributed by atoms with Gasteiger partial charge in [0.25, 0.3) is 5.91 Å². The molecule has 1 aliphatic rings. The Morgan fingerprint density at radius 2 is 1.69 bits per heavy atom. The van der Waals surface area contributed by atoms with Crippen LogP contribution in [0.4, 0.5) is 4.79 Å². The Hall–Kier alpha value is -3.04. The molecule has 8 heteroatoms. The first-order valence-electron chi connectivity index (χ1n) is 11.1. The number of imide groups is 1. The van der Waals surface area contributed by atoms with E-state index in [2.05, 4.69) is 27.9 Å². The first-order chi connectivity index (χ1) is 16.8. The van der Waals surface area contributed by atoms with Crippen LogP contribution in [0.5, 0.6) is 11.5 Å². The number of rotatable bonds is 8. The summed E-state index contributed by atoms with van der Waals surface area (Å²) in [5.41, 5.74) is 3.77. The number of ether oxygens (including phenoxy) is 2. The largest absolute Gasteiger partial charge is 0.490 e. The Bertz CT molecular complexity index is 1270. The van der Waals surface area contributed by atoms with E-state index in [1.54, 1.807) is 18.2 Å². The van der Waals surface area contributed by atoms with Crippen molar-refractivity contribution in [2.24, 2.45) is 0 Å². The lowest BCUT2D eigenvalue weighted by molar-refractivity contribution is -0.123. The van der Waals surface area contributed by atoms with Gasteiger partial charge in [0.2, 0.25) is 0 Å². The number of benzene rings is 3. The molecular formula is C27H24ClIN2O4. The minimum absolute atomic E-state index is 0.174. The predicted octanol–water partition coefficient (Wildman–Crippen LogP) is 6.32. The maximum Gasteiger partial charge on any atom is 0.329 e. The van der Waals surface area contributed by atoms with Gasteiger partial charge in [0.1, 0.15) is 12.3 Å². The topological polar surface area (TPSA) is 67.9 Å². The van der Waals surface area contributed by atoms with Gasteiger partial charge >= 0.3 is 6.03 Å². The van der Waals surface area contributed by atoms with Crippen molar-refractivity contribution in [3.8, 4) is 11.5 Å². The van der Waals surface area contributed by atoms with Gasteiger partial charge in [-0.1, -0.05) is 53.6 Å². The van der Waals surface area contributed by atoms with Crippen LogP contribution >= 0.6 is 34.2 Å². The molecule has 1 N–H and O–H groups in total. The van der Waals surface area contributed by atoms with Gasteiger partial charge < -0.3 is 14.8 Å². The zero-order chi connectivity index (χ0) is 24.9. The fourth-order valence-corrected chi connectivity index (χ4v) is 4.20. The Morgan fingerprint density at radius 1 is 1.00 bits per heavy atom. The highest BCUT2D eigenvalue weighted by atomic mass is 127. The van der Waals surface area contributed by atoms with Crippen molar-refractivity contribution in [2.45, 2.75) is 27.0 Å². The number of urea groups is 1. The second kappa shape index (κ2) is 11.1. The molecule has 1 aliphatic heterocycles. The monoisotopic (exact) mass is 602 g/mol. The Morgan fingerprint density at radius 3 is 2.37 bits per heavy atom. The smallest absolute Gasteiger partial charge is 0.329 e. The summed E-state index contributed by atoms with van der Waals surface area (Å²) in [7, 11) is 0. The molecule has 1 heterocycles. The lowest BCUT2D eigenvalue weighted by atomic mass is 10.1. The van der Waals surface area contributed by atoms with E-state index >= 15 is 0 Å². The fourth-order valence-electron chi connectivity index (χ4n) is 3.57. The highest BCUT2D eigenvalue weighted by Gasteiger charge is 2.33. The number of carbonyl (C=O) groups is 2. The molecule has 0 unspecified atom stereocenters. The van der Waals surface area contributed by atoms with Crippen molar-refractivity contribution in [1.82, 2.24) is 10.2 Å². The van der Waals surface area contributed by atoms with Crippen LogP contribution in [-0.4, -0.2) is 23.4 Å². The molecular weight excluding hydrogens is 579 g/mol. The predicted molar refractivity (Wildman–Crippen MR) is 144 cm³/mol. The number of hydrogen-bond donors (Lipinski definition) is 1. The van der Waals surface area contributed by atoms with E-state index in [1.807, 2.05) is 62.4 Å². The van der Waals surface area contributed by atoms with E-state index in [9.17, 15) is 9.59 Å². The lowest BCUT2D eigenvalue weighted by Crippen LogP contribution is -2.30. The van der Waals surface area contributed by atoms with Crippen LogP contribution < -0.4 is 14.8 Å². The van der Waals surface area contributed by atoms with Crippen molar-refractivity contribution in [3.63, 3.8) is 0 Å². The summed E-state index contributed by atoms with van der Waals surface area (Å²) < 4.78 is 12.9. The molecule has 0 atom stereocenters. The molecule has 1 fully saturated rings. The Balaban J connectivity index is 1.54. The normalized spacial score (nSPS) is 14.4. The number of nitrogens with zero attached hydrogens (tertiary/aromatic N) is 1. The van der Waals surface area contributed by atoms with Gasteiger partial charge in [-0.3, -0.25) is 9.69 Å². The molecule has 0 aliphatic carbocycles. The average Bonchev–Trinajstić information content (AvgIpc) is 3.08. The fraction of sp³-hybridized carbons (Fsp3) is 0.185. The van der Waals surface area contributed by atoms with E-state index in [0.717, 1.165) is 20.3 Å². The van der Waals surface area contributed by atoms with Crippen molar-refractivity contribution < 1.29 is 19.1 Å². The molecule has 1 saturated heterocycles. The van der Waals surface area contributed by atoms with Crippen LogP contribution in [0, 0.1) is 10.5 Å². The molecule has 180 valence electrons. The Kier molecular flexibility index (Phi) is 7.97. The van der Waals surface area contributed by atoms with Crippen molar-refractivity contribution in [3.05, 3.63) is 97.2 Å². The summed E-state index contributed by atoms with van der Waals surface area (Å²) >= 11 is 8.79. The van der Waals surface area contributed by atoms with Crippen LogP contribution in [0.3, 0.4) is 0 Å². The van der Waals surface area contributed by atoms with Gasteiger partial charge in [0.15, 0.2) is 11.5 Å². The third-order valence-corrected chi connectivity index (χ3v) is 6.36. The molecule has 0 bridgehead atoms. The third kappa shape index (κ3) is 6.15. The van der Waals surface area contributed by atoms with Crippen molar-refractivity contribution in [1.29, 1.82) is 0 Å². The van der Waals surface area contributed by atoms with Crippen LogP contribution in [0.1, 0.15) is 29.2 Å². The van der Waals surface area contributed by atoms with Gasteiger partial charge in [-0.05, 0) is 83.5 Å². The molecule has 0 saturated carbocycles. The summed E-state index contributed by atoms with van der Waals surface area (Å²) in [5.74, 6) is 0.492. The molecule has 4 rings (SSSR count). The second-order valence-corrected chi connectivity index (χ2v) is 9.70. The number of halogens is 2. The minimum atomic E-state index is -0.463. The maximum absolute atomic E-state index is 12.9. The van der Waals surface area contributed by atoms with E-state index in [0.29, 0.717) is 35.3 Å². The number of carbonyl (C=O) groups excluding carboxylic acids is 2. The first-order valence-corrected chi connectivity index (χ1v) is 12.5. The molecule has 3 amide bonds. The van der Waals surface area contributed by atoms with E-state index in [1.165, 1.54) is 4.90 Å². The average molecular weight is 603 g/mol. The zero-order valence-corrected chi connectivity index (χ0v) is 22.2. The third-order valence-electron chi connectivity index (χ3n) is 5.36. The summed E-state index contributed by atoms with van der Waals surface area (Å²) in [4.78, 5) is 26.6. The van der Waals surface area contributed by atoms with Gasteiger partial charge in [-0.15, -0.1) is 0 Å². The Labute approximate surface area is 223 Å². The van der Waals surface area contributed by atoms with Crippen LogP contribution in [0.25, 0.3) is 6.08 Å². The number of amides is 3. The summed E-state index contributed by atoms with van der Waals surface area (Å²) in [6, 6.07) is 18.7. The van der Waals surface area contributed by atoms with E-state index < -0.39 is 11.9 Å². The minimum Gasteiger partial charge on any atom is -0.490 e. The lowest BCUT2D eigenvalue weighted by Gasteiger charge is -2.15. The number of nitrogens with one attached hydrogen (secondary N) is 1. The first kappa shape index (κ1) is 25.1. The standard InChI is InChI=1S/C27H24ClIN2O4/c1-3-34-24-14-20(12-22(28)25(24)35-16-19-8-10-21(29)11-9-19)13-23-26(32)31(27(33)30-23)15-18-6-4-17(2)5-7-18/h4-14H,3,15-16H2,1-2H3,(H,30,33)/b23-13+. The van der Waals surface area contributed by atoms with E-state index in [-0.39, 0.29) is 12.2 Å². The maximum atomic E-state index is 12.9. The van der Waals surface area contributed by atoms with Crippen molar-refractivity contribution >= 4 is 52.2 Å². The van der Waals surface area contributed by atoms with Crippen molar-refractivity contribution in [2.75, 3.05) is 6.61 Å². The zero-order valence-electron chi connectivity index (χ0n) is 19.3. The van der Waals surface area contributed by atoms with Crippen LogP contribution in [0.2, 0.25) is 5.02 Å². The van der Waals surface area contributed by atoms with Gasteiger partial charge in [0.05, 0.1) is 18.2 Å². The highest BCUT2D eigenvalue weighted by molar-refractivity contribution is 14.1. The number of hydrogen-bond acceptors (Lipinski definition) is 4. The molecule has 0 radical (unpaired) electrons. The molecule has 0 aromatic heterocycles. The highest BCUT2D eigenvalue weighted by Crippen LogP contribution is 2.38. The quantitative estimate of drug-likeness (QED) is 0.186. The molecule has 35 heavy (non-hydrogen) atoms.